The summed E-state index contributed by atoms with van der Waals surface area (Å²) in [6, 6.07) is 6.64. The van der Waals surface area contributed by atoms with Crippen molar-refractivity contribution in [2.75, 3.05) is 0 Å². The van der Waals surface area contributed by atoms with Gasteiger partial charge in [-0.1, -0.05) is 49.2 Å². The van der Waals surface area contributed by atoms with E-state index >= 15 is 0 Å². The molecule has 0 spiro atoms. The molecule has 0 saturated heterocycles. The Kier molecular flexibility index (Phi) is 4.59. The Hall–Kier alpha value is -1.52. The van der Waals surface area contributed by atoms with E-state index in [4.69, 9.17) is 23.2 Å². The molecule has 1 N–H and O–H groups in total. The molecule has 2 aromatic rings. The van der Waals surface area contributed by atoms with Crippen LogP contribution in [0.25, 0.3) is 0 Å². The molecule has 0 aliphatic heterocycles. The summed E-state index contributed by atoms with van der Waals surface area (Å²) in [5, 5.41) is 0.714. The number of benzene rings is 1. The molecule has 1 aromatic heterocycles. The van der Waals surface area contributed by atoms with Crippen LogP contribution in [-0.4, -0.2) is 9.55 Å². The highest BCUT2D eigenvalue weighted by atomic mass is 35.5. The topological polar surface area (TPSA) is 54.9 Å². The summed E-state index contributed by atoms with van der Waals surface area (Å²) in [7, 11) is 0. The lowest BCUT2D eigenvalue weighted by Gasteiger charge is -2.17. The summed E-state index contributed by atoms with van der Waals surface area (Å²) in [5.74, 6) is -0.0782. The standard InChI is InChI=1S/C15H16Cl2N2O2/c1-8(2)12-13(17)18-15(21)19(14(12)20)9(3)10-4-6-11(16)7-5-10/h4-9H,1-3H3,(H,18,21). The van der Waals surface area contributed by atoms with E-state index in [1.807, 2.05) is 13.8 Å². The van der Waals surface area contributed by atoms with Crippen molar-refractivity contribution in [3.05, 3.63) is 66.4 Å². The van der Waals surface area contributed by atoms with Crippen LogP contribution in [0.2, 0.25) is 10.2 Å². The predicted octanol–water partition coefficient (Wildman–Crippen LogP) is 3.58. The minimum Gasteiger partial charge on any atom is -0.297 e. The maximum absolute atomic E-state index is 12.6. The fourth-order valence-electron chi connectivity index (χ4n) is 2.28. The Labute approximate surface area is 132 Å². The minimum absolute atomic E-state index is 0.0782. The molecule has 0 aliphatic rings. The number of H-pyrrole nitrogens is 1. The van der Waals surface area contributed by atoms with Gasteiger partial charge in [0, 0.05) is 5.02 Å². The van der Waals surface area contributed by atoms with Crippen LogP contribution in [0.4, 0.5) is 0 Å². The van der Waals surface area contributed by atoms with Crippen LogP contribution in [0, 0.1) is 0 Å². The van der Waals surface area contributed by atoms with E-state index in [9.17, 15) is 9.59 Å². The molecule has 0 amide bonds. The lowest BCUT2D eigenvalue weighted by Crippen LogP contribution is -2.40. The first-order valence-corrected chi connectivity index (χ1v) is 7.38. The van der Waals surface area contributed by atoms with Gasteiger partial charge in [-0.3, -0.25) is 14.3 Å². The van der Waals surface area contributed by atoms with Gasteiger partial charge in [-0.2, -0.15) is 0 Å². The lowest BCUT2D eigenvalue weighted by molar-refractivity contribution is 0.566. The molecule has 1 aromatic carbocycles. The van der Waals surface area contributed by atoms with Crippen molar-refractivity contribution in [1.82, 2.24) is 9.55 Å². The molecule has 1 atom stereocenters. The Balaban J connectivity index is 2.63. The molecule has 6 heteroatoms. The highest BCUT2D eigenvalue weighted by Crippen LogP contribution is 2.20. The number of nitrogens with zero attached hydrogens (tertiary/aromatic N) is 1. The molecule has 112 valence electrons. The first-order valence-electron chi connectivity index (χ1n) is 6.62. The van der Waals surface area contributed by atoms with Crippen molar-refractivity contribution in [2.45, 2.75) is 32.7 Å². The third-order valence-electron chi connectivity index (χ3n) is 3.44. The van der Waals surface area contributed by atoms with Crippen LogP contribution in [0.1, 0.15) is 43.9 Å². The summed E-state index contributed by atoms with van der Waals surface area (Å²) in [6.07, 6.45) is 0. The Morgan fingerprint density at radius 3 is 2.14 bits per heavy atom. The molecule has 0 bridgehead atoms. The van der Waals surface area contributed by atoms with Crippen molar-refractivity contribution in [3.8, 4) is 0 Å². The van der Waals surface area contributed by atoms with E-state index in [0.29, 0.717) is 10.6 Å². The van der Waals surface area contributed by atoms with E-state index < -0.39 is 11.7 Å². The largest absolute Gasteiger partial charge is 0.330 e. The van der Waals surface area contributed by atoms with Crippen LogP contribution < -0.4 is 11.2 Å². The Morgan fingerprint density at radius 2 is 1.62 bits per heavy atom. The van der Waals surface area contributed by atoms with E-state index in [0.717, 1.165) is 5.56 Å². The van der Waals surface area contributed by atoms with E-state index in [1.165, 1.54) is 4.57 Å². The quantitative estimate of drug-likeness (QED) is 0.876. The number of aromatic amines is 1. The highest BCUT2D eigenvalue weighted by Gasteiger charge is 2.19. The second-order valence-electron chi connectivity index (χ2n) is 5.22. The van der Waals surface area contributed by atoms with Gasteiger partial charge in [0.25, 0.3) is 5.56 Å². The SMILES string of the molecule is CC(C)c1c(Cl)[nH]c(=O)n(C(C)c2ccc(Cl)cc2)c1=O. The van der Waals surface area contributed by atoms with E-state index in [1.54, 1.807) is 31.2 Å². The Bertz CT molecular complexity index is 761. The summed E-state index contributed by atoms with van der Waals surface area (Å²) in [6.45, 7) is 5.51. The minimum atomic E-state index is -0.517. The zero-order chi connectivity index (χ0) is 15.7. The van der Waals surface area contributed by atoms with Crippen molar-refractivity contribution >= 4 is 23.2 Å². The van der Waals surface area contributed by atoms with Crippen LogP contribution >= 0.6 is 23.2 Å². The molecule has 2 rings (SSSR count). The molecule has 0 fully saturated rings. The van der Waals surface area contributed by atoms with Crippen LogP contribution in [0.5, 0.6) is 0 Å². The molecule has 0 saturated carbocycles. The number of nitrogens with one attached hydrogen (secondary N) is 1. The normalized spacial score (nSPS) is 12.7. The third kappa shape index (κ3) is 3.06. The average Bonchev–Trinajstić information content (AvgIpc) is 2.38. The molecule has 0 radical (unpaired) electrons. The smallest absolute Gasteiger partial charge is 0.297 e. The number of halogens is 2. The van der Waals surface area contributed by atoms with Crippen molar-refractivity contribution in [3.63, 3.8) is 0 Å². The first-order chi connectivity index (χ1) is 9.82. The number of hydrogen-bond donors (Lipinski definition) is 1. The molecular weight excluding hydrogens is 311 g/mol. The monoisotopic (exact) mass is 326 g/mol. The molecule has 1 unspecified atom stereocenters. The Morgan fingerprint density at radius 1 is 1.05 bits per heavy atom. The molecule has 4 nitrogen and oxygen atoms in total. The van der Waals surface area contributed by atoms with Gasteiger partial charge in [-0.05, 0) is 30.5 Å². The van der Waals surface area contributed by atoms with E-state index in [-0.39, 0.29) is 16.6 Å². The van der Waals surface area contributed by atoms with Crippen LogP contribution in [0.15, 0.2) is 33.9 Å². The molecular formula is C15H16Cl2N2O2. The number of hydrogen-bond acceptors (Lipinski definition) is 2. The fraction of sp³-hybridized carbons (Fsp3) is 0.333. The predicted molar refractivity (Wildman–Crippen MR) is 85.7 cm³/mol. The van der Waals surface area contributed by atoms with Gasteiger partial charge in [0.1, 0.15) is 5.15 Å². The van der Waals surface area contributed by atoms with Crippen molar-refractivity contribution in [1.29, 1.82) is 0 Å². The number of rotatable bonds is 3. The average molecular weight is 327 g/mol. The molecule has 0 aliphatic carbocycles. The van der Waals surface area contributed by atoms with Gasteiger partial charge in [-0.15, -0.1) is 0 Å². The highest BCUT2D eigenvalue weighted by molar-refractivity contribution is 6.30. The van der Waals surface area contributed by atoms with Gasteiger partial charge in [0.05, 0.1) is 11.6 Å². The lowest BCUT2D eigenvalue weighted by atomic mass is 10.1. The van der Waals surface area contributed by atoms with Crippen LogP contribution in [-0.2, 0) is 0 Å². The summed E-state index contributed by atoms with van der Waals surface area (Å²) in [4.78, 5) is 27.2. The fourth-order valence-corrected chi connectivity index (χ4v) is 2.79. The summed E-state index contributed by atoms with van der Waals surface area (Å²) < 4.78 is 1.18. The van der Waals surface area contributed by atoms with Gasteiger partial charge >= 0.3 is 5.69 Å². The van der Waals surface area contributed by atoms with Gasteiger partial charge in [0.15, 0.2) is 0 Å². The first kappa shape index (κ1) is 15.9. The van der Waals surface area contributed by atoms with Gasteiger partial charge in [0.2, 0.25) is 0 Å². The second-order valence-corrected chi connectivity index (χ2v) is 6.03. The van der Waals surface area contributed by atoms with Crippen molar-refractivity contribution in [2.24, 2.45) is 0 Å². The molecule has 1 heterocycles. The van der Waals surface area contributed by atoms with E-state index in [2.05, 4.69) is 4.98 Å². The second kappa shape index (κ2) is 6.08. The van der Waals surface area contributed by atoms with Gasteiger partial charge < -0.3 is 0 Å². The number of aromatic nitrogens is 2. The molecule has 21 heavy (non-hydrogen) atoms. The van der Waals surface area contributed by atoms with Crippen molar-refractivity contribution < 1.29 is 0 Å². The third-order valence-corrected chi connectivity index (χ3v) is 3.99. The summed E-state index contributed by atoms with van der Waals surface area (Å²) >= 11 is 11.8. The summed E-state index contributed by atoms with van der Waals surface area (Å²) in [5.41, 5.74) is 0.360. The van der Waals surface area contributed by atoms with Gasteiger partial charge in [-0.25, -0.2) is 4.79 Å². The zero-order valence-corrected chi connectivity index (χ0v) is 13.5. The maximum Gasteiger partial charge on any atom is 0.330 e. The van der Waals surface area contributed by atoms with Crippen LogP contribution in [0.3, 0.4) is 0 Å². The zero-order valence-electron chi connectivity index (χ0n) is 12.0. The maximum atomic E-state index is 12.6.